The van der Waals surface area contributed by atoms with Crippen LogP contribution in [0.25, 0.3) is 0 Å². The average Bonchev–Trinajstić information content (AvgIpc) is 2.88. The highest BCUT2D eigenvalue weighted by molar-refractivity contribution is 6.05. The van der Waals surface area contributed by atoms with Crippen molar-refractivity contribution in [1.82, 2.24) is 4.90 Å². The summed E-state index contributed by atoms with van der Waals surface area (Å²) in [4.78, 5) is 29.3. The van der Waals surface area contributed by atoms with E-state index < -0.39 is 12.0 Å². The monoisotopic (exact) mass is 456 g/mol. The molecule has 34 heavy (non-hydrogen) atoms. The molecule has 3 aromatic carbocycles. The van der Waals surface area contributed by atoms with Gasteiger partial charge in [-0.15, -0.1) is 0 Å². The highest BCUT2D eigenvalue weighted by Crippen LogP contribution is 2.48. The van der Waals surface area contributed by atoms with Crippen molar-refractivity contribution in [3.63, 3.8) is 0 Å². The molecule has 0 aromatic heterocycles. The van der Waals surface area contributed by atoms with Gasteiger partial charge in [0, 0.05) is 17.8 Å². The zero-order valence-electron chi connectivity index (χ0n) is 19.6. The maximum absolute atomic E-state index is 13.9. The Kier molecular flexibility index (Phi) is 5.74. The number of carbonyl (C=O) groups excluding carboxylic acids is 2. The van der Waals surface area contributed by atoms with E-state index in [2.05, 4.69) is 18.3 Å². The number of carbonyl (C=O) groups is 2. The largest absolute Gasteiger partial charge is 0.493 e. The Balaban J connectivity index is 1.65. The number of fused-ring (bicyclic) bond motifs is 4. The van der Waals surface area contributed by atoms with Gasteiger partial charge in [-0.25, -0.2) is 0 Å². The van der Waals surface area contributed by atoms with E-state index >= 15 is 0 Å². The van der Waals surface area contributed by atoms with Gasteiger partial charge in [-0.05, 0) is 59.4 Å². The number of nitrogens with one attached hydrogen (secondary N) is 1. The topological polar surface area (TPSA) is 67.9 Å². The molecule has 2 aliphatic rings. The van der Waals surface area contributed by atoms with Gasteiger partial charge in [-0.2, -0.15) is 0 Å². The van der Waals surface area contributed by atoms with Crippen molar-refractivity contribution >= 4 is 17.5 Å². The molecule has 5 rings (SSSR count). The molecule has 0 aliphatic carbocycles. The van der Waals surface area contributed by atoms with Crippen molar-refractivity contribution < 1.29 is 19.1 Å². The lowest BCUT2D eigenvalue weighted by atomic mass is 9.75. The molecule has 174 valence electrons. The van der Waals surface area contributed by atoms with Crippen LogP contribution in [-0.2, 0) is 17.6 Å². The molecule has 6 nitrogen and oxygen atoms in total. The van der Waals surface area contributed by atoms with E-state index in [9.17, 15) is 9.59 Å². The van der Waals surface area contributed by atoms with Crippen LogP contribution in [0.3, 0.4) is 0 Å². The summed E-state index contributed by atoms with van der Waals surface area (Å²) in [5.74, 6) is 0.125. The molecule has 0 saturated carbocycles. The molecule has 0 fully saturated rings. The van der Waals surface area contributed by atoms with Gasteiger partial charge in [0.2, 0.25) is 5.91 Å². The number of hydrogen-bond donors (Lipinski definition) is 1. The summed E-state index contributed by atoms with van der Waals surface area (Å²) in [6, 6.07) is 19.1. The van der Waals surface area contributed by atoms with Gasteiger partial charge in [-0.3, -0.25) is 9.59 Å². The Labute approximate surface area is 199 Å². The van der Waals surface area contributed by atoms with Crippen molar-refractivity contribution in [2.75, 3.05) is 26.1 Å². The third-order valence-electron chi connectivity index (χ3n) is 6.94. The van der Waals surface area contributed by atoms with Crippen LogP contribution in [0.5, 0.6) is 11.5 Å². The number of nitrogens with zero attached hydrogens (tertiary/aromatic N) is 1. The fourth-order valence-corrected chi connectivity index (χ4v) is 5.18. The minimum absolute atomic E-state index is 0.0909. The smallest absolute Gasteiger partial charge is 0.254 e. The fraction of sp³-hybridized carbons (Fsp3) is 0.286. The zero-order chi connectivity index (χ0) is 23.8. The summed E-state index contributed by atoms with van der Waals surface area (Å²) in [6.45, 7) is 2.66. The predicted molar refractivity (Wildman–Crippen MR) is 131 cm³/mol. The van der Waals surface area contributed by atoms with Crippen molar-refractivity contribution in [2.24, 2.45) is 0 Å². The molecule has 2 amide bonds. The first-order valence-electron chi connectivity index (χ1n) is 11.6. The molecule has 2 heterocycles. The maximum Gasteiger partial charge on any atom is 0.254 e. The van der Waals surface area contributed by atoms with Crippen LogP contribution in [0, 0.1) is 0 Å². The molecule has 3 aromatic rings. The Morgan fingerprint density at radius 3 is 2.41 bits per heavy atom. The van der Waals surface area contributed by atoms with Crippen LogP contribution in [-0.4, -0.2) is 37.5 Å². The molecule has 0 bridgehead atoms. The summed E-state index contributed by atoms with van der Waals surface area (Å²) in [7, 11) is 3.10. The lowest BCUT2D eigenvalue weighted by Gasteiger charge is -2.45. The number of rotatable bonds is 5. The van der Waals surface area contributed by atoms with Crippen LogP contribution in [0.2, 0.25) is 0 Å². The van der Waals surface area contributed by atoms with Crippen LogP contribution in [0.1, 0.15) is 51.5 Å². The van der Waals surface area contributed by atoms with Gasteiger partial charge in [0.1, 0.15) is 0 Å². The number of amides is 2. The normalized spacial score (nSPS) is 18.4. The minimum Gasteiger partial charge on any atom is -0.493 e. The number of ether oxygens (including phenoxy) is 2. The minimum atomic E-state index is -0.597. The lowest BCUT2D eigenvalue weighted by Crippen LogP contribution is -2.49. The van der Waals surface area contributed by atoms with E-state index in [1.807, 2.05) is 47.4 Å². The fourth-order valence-electron chi connectivity index (χ4n) is 5.18. The van der Waals surface area contributed by atoms with Crippen LogP contribution < -0.4 is 14.8 Å². The summed E-state index contributed by atoms with van der Waals surface area (Å²) < 4.78 is 11.0. The summed E-state index contributed by atoms with van der Waals surface area (Å²) in [5, 5.41) is 3.10. The van der Waals surface area contributed by atoms with Crippen LogP contribution in [0.15, 0.2) is 60.7 Å². The van der Waals surface area contributed by atoms with E-state index in [0.717, 1.165) is 24.1 Å². The SMILES string of the molecule is CCc1ccc(NC(=O)[C@H]2c3cc(OC)c(OC)cc3C(=O)N3CCc4ccccc4[C@H]23)cc1. The second kappa shape index (κ2) is 8.86. The van der Waals surface area contributed by atoms with Crippen molar-refractivity contribution in [3.8, 4) is 11.5 Å². The lowest BCUT2D eigenvalue weighted by molar-refractivity contribution is -0.119. The summed E-state index contributed by atoms with van der Waals surface area (Å²) >= 11 is 0. The Bertz CT molecular complexity index is 1250. The molecule has 2 aliphatic heterocycles. The van der Waals surface area contributed by atoms with Gasteiger partial charge in [0.25, 0.3) is 5.91 Å². The Morgan fingerprint density at radius 1 is 1.00 bits per heavy atom. The zero-order valence-corrected chi connectivity index (χ0v) is 19.6. The van der Waals surface area contributed by atoms with Crippen molar-refractivity contribution in [3.05, 3.63) is 88.5 Å². The number of aryl methyl sites for hydroxylation is 1. The van der Waals surface area contributed by atoms with E-state index in [1.54, 1.807) is 26.4 Å². The Morgan fingerprint density at radius 2 is 1.71 bits per heavy atom. The van der Waals surface area contributed by atoms with Crippen LogP contribution in [0.4, 0.5) is 5.69 Å². The Hall–Kier alpha value is -3.80. The van der Waals surface area contributed by atoms with Crippen LogP contribution >= 0.6 is 0 Å². The van der Waals surface area contributed by atoms with Gasteiger partial charge in [-0.1, -0.05) is 43.3 Å². The summed E-state index contributed by atoms with van der Waals surface area (Å²) in [5.41, 5.74) is 5.26. The average molecular weight is 457 g/mol. The molecule has 0 unspecified atom stereocenters. The van der Waals surface area contributed by atoms with E-state index in [1.165, 1.54) is 11.1 Å². The molecule has 2 atom stereocenters. The van der Waals surface area contributed by atoms with Gasteiger partial charge < -0.3 is 19.7 Å². The van der Waals surface area contributed by atoms with Gasteiger partial charge >= 0.3 is 0 Å². The second-order valence-electron chi connectivity index (χ2n) is 8.70. The molecular formula is C28H28N2O4. The predicted octanol–water partition coefficient (Wildman–Crippen LogP) is 4.74. The highest BCUT2D eigenvalue weighted by atomic mass is 16.5. The standard InChI is InChI=1S/C28H28N2O4/c1-4-17-9-11-19(12-10-17)29-27(31)25-21-15-23(33-2)24(34-3)16-22(21)28(32)30-14-13-18-7-5-6-8-20(18)26(25)30/h5-12,15-16,25-26H,4,13-14H2,1-3H3,(H,29,31)/t25-,26+/m0/s1. The molecule has 1 N–H and O–H groups in total. The van der Waals surface area contributed by atoms with Gasteiger partial charge in [0.05, 0.1) is 26.2 Å². The molecule has 0 spiro atoms. The number of benzene rings is 3. The molecule has 0 radical (unpaired) electrons. The molecule has 6 heteroatoms. The molecular weight excluding hydrogens is 428 g/mol. The highest BCUT2D eigenvalue weighted by Gasteiger charge is 2.47. The van der Waals surface area contributed by atoms with E-state index in [4.69, 9.17) is 9.47 Å². The first kappa shape index (κ1) is 22.0. The maximum atomic E-state index is 13.9. The van der Waals surface area contributed by atoms with Gasteiger partial charge in [0.15, 0.2) is 11.5 Å². The first-order chi connectivity index (χ1) is 16.5. The number of methoxy groups -OCH3 is 2. The second-order valence-corrected chi connectivity index (χ2v) is 8.70. The number of anilines is 1. The van der Waals surface area contributed by atoms with E-state index in [-0.39, 0.29) is 11.8 Å². The van der Waals surface area contributed by atoms with Crippen molar-refractivity contribution in [1.29, 1.82) is 0 Å². The van der Waals surface area contributed by atoms with E-state index in [0.29, 0.717) is 29.2 Å². The third-order valence-corrected chi connectivity index (χ3v) is 6.94. The first-order valence-corrected chi connectivity index (χ1v) is 11.6. The summed E-state index contributed by atoms with van der Waals surface area (Å²) in [6.07, 6.45) is 1.69. The number of hydrogen-bond acceptors (Lipinski definition) is 4. The molecule has 0 saturated heterocycles. The van der Waals surface area contributed by atoms with Crippen molar-refractivity contribution in [2.45, 2.75) is 31.7 Å². The quantitative estimate of drug-likeness (QED) is 0.602. The third kappa shape index (κ3) is 3.59.